The molecule has 0 atom stereocenters. The van der Waals surface area contributed by atoms with E-state index in [-0.39, 0.29) is 32.8 Å². The minimum absolute atomic E-state index is 0.0113. The average Bonchev–Trinajstić information content (AvgIpc) is 2.59. The van der Waals surface area contributed by atoms with Gasteiger partial charge in [-0.25, -0.2) is 0 Å². The molecule has 8 nitrogen and oxygen atoms in total. The Morgan fingerprint density at radius 3 is 1.69 bits per heavy atom. The summed E-state index contributed by atoms with van der Waals surface area (Å²) in [5, 5.41) is 0. The number of hydrogen-bond acceptors (Lipinski definition) is 8. The van der Waals surface area contributed by atoms with E-state index in [2.05, 4.69) is 22.6 Å². The van der Waals surface area contributed by atoms with Crippen molar-refractivity contribution in [3.8, 4) is 0 Å². The van der Waals surface area contributed by atoms with E-state index in [0.29, 0.717) is 10.8 Å². The normalized spacial score (nSPS) is 11.9. The zero-order valence-electron chi connectivity index (χ0n) is 15.7. The standard InChI is InChI=1S/C16H28IO8P/c1-5-22-14(19)16(10-9-11-17,15(20)23-6-2)12-13(18)26(21,24-7-3)25-8-4/h5-12H2,1-4H3. The van der Waals surface area contributed by atoms with E-state index in [1.165, 1.54) is 0 Å². The van der Waals surface area contributed by atoms with Crippen molar-refractivity contribution in [1.29, 1.82) is 0 Å². The molecule has 0 aromatic heterocycles. The van der Waals surface area contributed by atoms with Gasteiger partial charge in [0.05, 0.1) is 26.4 Å². The maximum Gasteiger partial charge on any atom is 0.396 e. The van der Waals surface area contributed by atoms with Gasteiger partial charge in [-0.05, 0) is 45.0 Å². The Balaban J connectivity index is 5.94. The van der Waals surface area contributed by atoms with Gasteiger partial charge in [0.15, 0.2) is 5.41 Å². The zero-order valence-corrected chi connectivity index (χ0v) is 18.8. The molecule has 0 aliphatic carbocycles. The summed E-state index contributed by atoms with van der Waals surface area (Å²) in [5.41, 5.74) is -2.80. The van der Waals surface area contributed by atoms with Gasteiger partial charge in [-0.2, -0.15) is 0 Å². The summed E-state index contributed by atoms with van der Waals surface area (Å²) < 4.78 is 33.5. The van der Waals surface area contributed by atoms with Crippen LogP contribution in [0.25, 0.3) is 0 Å². The number of hydrogen-bond donors (Lipinski definition) is 0. The molecule has 0 heterocycles. The highest BCUT2D eigenvalue weighted by atomic mass is 127. The summed E-state index contributed by atoms with van der Waals surface area (Å²) in [5.74, 6) is -1.73. The fourth-order valence-corrected chi connectivity index (χ4v) is 4.19. The number of carbonyl (C=O) groups excluding carboxylic acids is 3. The van der Waals surface area contributed by atoms with Gasteiger partial charge >= 0.3 is 19.5 Å². The quantitative estimate of drug-likeness (QED) is 0.116. The summed E-state index contributed by atoms with van der Waals surface area (Å²) in [6.45, 7) is 6.38. The van der Waals surface area contributed by atoms with Crippen molar-refractivity contribution in [2.75, 3.05) is 30.9 Å². The van der Waals surface area contributed by atoms with Crippen molar-refractivity contribution in [2.24, 2.45) is 5.41 Å². The molecular weight excluding hydrogens is 478 g/mol. The van der Waals surface area contributed by atoms with Gasteiger partial charge in [0.2, 0.25) is 5.52 Å². The highest BCUT2D eigenvalue weighted by molar-refractivity contribution is 14.1. The molecule has 0 saturated heterocycles. The van der Waals surface area contributed by atoms with Crippen LogP contribution in [0.3, 0.4) is 0 Å². The summed E-state index contributed by atoms with van der Waals surface area (Å²) in [6.07, 6.45) is -0.144. The van der Waals surface area contributed by atoms with E-state index in [9.17, 15) is 18.9 Å². The van der Waals surface area contributed by atoms with Gasteiger partial charge in [0.25, 0.3) is 0 Å². The van der Waals surface area contributed by atoms with Gasteiger partial charge in [0, 0.05) is 6.42 Å². The average molecular weight is 506 g/mol. The first-order valence-corrected chi connectivity index (χ1v) is 11.7. The minimum atomic E-state index is -4.11. The van der Waals surface area contributed by atoms with E-state index in [0.717, 1.165) is 0 Å². The van der Waals surface area contributed by atoms with E-state index in [1.807, 2.05) is 0 Å². The lowest BCUT2D eigenvalue weighted by Gasteiger charge is -2.29. The highest BCUT2D eigenvalue weighted by Crippen LogP contribution is 2.52. The Bertz CT molecular complexity index is 494. The molecule has 0 amide bonds. The first-order chi connectivity index (χ1) is 12.3. The Morgan fingerprint density at radius 2 is 1.35 bits per heavy atom. The van der Waals surface area contributed by atoms with Crippen molar-refractivity contribution >= 4 is 47.6 Å². The zero-order chi connectivity index (χ0) is 20.2. The Labute approximate surface area is 168 Å². The maximum absolute atomic E-state index is 12.7. The topological polar surface area (TPSA) is 105 Å². The summed E-state index contributed by atoms with van der Waals surface area (Å²) in [6, 6.07) is 0. The van der Waals surface area contributed by atoms with Gasteiger partial charge in [-0.15, -0.1) is 0 Å². The second-order valence-corrected chi connectivity index (χ2v) is 8.31. The molecule has 0 fully saturated rings. The molecule has 0 radical (unpaired) electrons. The lowest BCUT2D eigenvalue weighted by Crippen LogP contribution is -2.44. The monoisotopic (exact) mass is 506 g/mol. The van der Waals surface area contributed by atoms with Crippen LogP contribution < -0.4 is 0 Å². The lowest BCUT2D eigenvalue weighted by atomic mass is 9.80. The van der Waals surface area contributed by atoms with E-state index in [4.69, 9.17) is 18.5 Å². The van der Waals surface area contributed by atoms with Crippen LogP contribution in [0.2, 0.25) is 0 Å². The van der Waals surface area contributed by atoms with Crippen LogP contribution in [-0.2, 0) is 37.5 Å². The predicted molar refractivity (Wildman–Crippen MR) is 104 cm³/mol. The van der Waals surface area contributed by atoms with Crippen molar-refractivity contribution in [3.63, 3.8) is 0 Å². The fourth-order valence-electron chi connectivity index (χ4n) is 2.30. The van der Waals surface area contributed by atoms with E-state index >= 15 is 0 Å². The summed E-state index contributed by atoms with van der Waals surface area (Å²) in [4.78, 5) is 37.9. The van der Waals surface area contributed by atoms with Gasteiger partial charge < -0.3 is 18.5 Å². The first-order valence-electron chi connectivity index (χ1n) is 8.60. The van der Waals surface area contributed by atoms with Crippen LogP contribution in [-0.4, -0.2) is 48.3 Å². The predicted octanol–water partition coefficient (Wildman–Crippen LogP) is 3.50. The molecular formula is C16H28IO8P. The number of ether oxygens (including phenoxy) is 2. The molecule has 0 N–H and O–H groups in total. The molecule has 10 heteroatoms. The van der Waals surface area contributed by atoms with Crippen LogP contribution in [0, 0.1) is 5.41 Å². The Morgan fingerprint density at radius 1 is 0.885 bits per heavy atom. The van der Waals surface area contributed by atoms with E-state index in [1.54, 1.807) is 27.7 Å². The third kappa shape index (κ3) is 6.90. The second kappa shape index (κ2) is 12.8. The molecule has 0 unspecified atom stereocenters. The molecule has 0 aliphatic heterocycles. The molecule has 0 spiro atoms. The van der Waals surface area contributed by atoms with Crippen molar-refractivity contribution in [3.05, 3.63) is 0 Å². The molecule has 152 valence electrons. The van der Waals surface area contributed by atoms with E-state index < -0.39 is 36.9 Å². The second-order valence-electron chi connectivity index (χ2n) is 5.22. The summed E-state index contributed by atoms with van der Waals surface area (Å²) >= 11 is 2.10. The molecule has 0 aliphatic rings. The molecule has 0 aromatic rings. The maximum atomic E-state index is 12.7. The molecule has 0 rings (SSSR count). The van der Waals surface area contributed by atoms with Crippen LogP contribution in [0.1, 0.15) is 47.0 Å². The molecule has 0 bridgehead atoms. The SMILES string of the molecule is CCOC(=O)C(CCCI)(CC(=O)P(=O)(OCC)OCC)C(=O)OCC. The van der Waals surface area contributed by atoms with Crippen LogP contribution in [0.4, 0.5) is 0 Å². The smallest absolute Gasteiger partial charge is 0.396 e. The largest absolute Gasteiger partial charge is 0.465 e. The van der Waals surface area contributed by atoms with Gasteiger partial charge in [-0.3, -0.25) is 18.9 Å². The number of esters is 2. The van der Waals surface area contributed by atoms with Gasteiger partial charge in [-0.1, -0.05) is 22.6 Å². The molecule has 26 heavy (non-hydrogen) atoms. The lowest BCUT2D eigenvalue weighted by molar-refractivity contribution is -0.174. The fraction of sp³-hybridized carbons (Fsp3) is 0.812. The van der Waals surface area contributed by atoms with Crippen molar-refractivity contribution < 1.29 is 37.5 Å². The number of carbonyl (C=O) groups is 3. The minimum Gasteiger partial charge on any atom is -0.465 e. The highest BCUT2D eigenvalue weighted by Gasteiger charge is 2.53. The third-order valence-electron chi connectivity index (χ3n) is 3.43. The number of rotatable bonds is 14. The number of halogens is 1. The van der Waals surface area contributed by atoms with Crippen molar-refractivity contribution in [2.45, 2.75) is 47.0 Å². The molecule has 0 aromatic carbocycles. The number of alkyl halides is 1. The van der Waals surface area contributed by atoms with Crippen LogP contribution >= 0.6 is 30.2 Å². The Kier molecular flexibility index (Phi) is 12.6. The van der Waals surface area contributed by atoms with Crippen molar-refractivity contribution in [1.82, 2.24) is 0 Å². The summed E-state index contributed by atoms with van der Waals surface area (Å²) in [7, 11) is -4.11. The third-order valence-corrected chi connectivity index (χ3v) is 6.15. The van der Waals surface area contributed by atoms with Crippen LogP contribution in [0.5, 0.6) is 0 Å². The Hall–Kier alpha value is -0.510. The molecule has 0 saturated carbocycles. The van der Waals surface area contributed by atoms with Gasteiger partial charge in [0.1, 0.15) is 0 Å². The first kappa shape index (κ1) is 25.5. The van der Waals surface area contributed by atoms with Crippen LogP contribution in [0.15, 0.2) is 0 Å².